The van der Waals surface area contributed by atoms with Crippen LogP contribution in [-0.2, 0) is 4.79 Å². The predicted molar refractivity (Wildman–Crippen MR) is 60.8 cm³/mol. The summed E-state index contributed by atoms with van der Waals surface area (Å²) < 4.78 is 0. The molecule has 0 spiro atoms. The molecule has 0 aromatic carbocycles. The molecule has 1 rings (SSSR count). The van der Waals surface area contributed by atoms with Crippen molar-refractivity contribution in [2.24, 2.45) is 5.92 Å². The zero-order valence-electron chi connectivity index (χ0n) is 10.1. The van der Waals surface area contributed by atoms with Crippen LogP contribution in [0, 0.1) is 5.92 Å². The summed E-state index contributed by atoms with van der Waals surface area (Å²) in [6.07, 6.45) is 2.61. The fourth-order valence-corrected chi connectivity index (χ4v) is 1.88. The van der Waals surface area contributed by atoms with Crippen LogP contribution in [0.1, 0.15) is 40.0 Å². The molecule has 1 saturated heterocycles. The number of likely N-dealkylation sites (tertiary alicyclic amines) is 1. The number of nitrogens with zero attached hydrogens (tertiary/aromatic N) is 1. The van der Waals surface area contributed by atoms with Crippen LogP contribution in [0.2, 0.25) is 0 Å². The lowest BCUT2D eigenvalue weighted by Crippen LogP contribution is -2.34. The van der Waals surface area contributed by atoms with Crippen LogP contribution < -0.4 is 0 Å². The van der Waals surface area contributed by atoms with Gasteiger partial charge in [0, 0.05) is 12.5 Å². The van der Waals surface area contributed by atoms with Crippen molar-refractivity contribution in [1.29, 1.82) is 0 Å². The summed E-state index contributed by atoms with van der Waals surface area (Å²) in [6.45, 7) is 8.10. The van der Waals surface area contributed by atoms with Crippen LogP contribution in [0.3, 0.4) is 0 Å². The normalized spacial score (nSPS) is 29.1. The minimum atomic E-state index is -0.532. The lowest BCUT2D eigenvalue weighted by Gasteiger charge is -2.22. The van der Waals surface area contributed by atoms with Crippen LogP contribution in [0.4, 0.5) is 0 Å². The quantitative estimate of drug-likeness (QED) is 0.771. The minimum Gasteiger partial charge on any atom is -0.390 e. The van der Waals surface area contributed by atoms with E-state index in [1.165, 1.54) is 0 Å². The summed E-state index contributed by atoms with van der Waals surface area (Å²) in [4.78, 5) is 13.8. The second kappa shape index (κ2) is 5.08. The van der Waals surface area contributed by atoms with E-state index in [1.807, 2.05) is 20.8 Å². The van der Waals surface area contributed by atoms with Gasteiger partial charge in [-0.05, 0) is 32.7 Å². The molecule has 0 bridgehead atoms. The van der Waals surface area contributed by atoms with Gasteiger partial charge in [0.2, 0.25) is 0 Å². The molecule has 0 amide bonds. The summed E-state index contributed by atoms with van der Waals surface area (Å²) in [6, 6.07) is 0. The Morgan fingerprint density at radius 2 is 2.07 bits per heavy atom. The Balaban J connectivity index is 2.41. The maximum Gasteiger partial charge on any atom is 0.149 e. The highest BCUT2D eigenvalue weighted by Gasteiger charge is 2.25. The molecule has 15 heavy (non-hydrogen) atoms. The third-order valence-electron chi connectivity index (χ3n) is 3.18. The van der Waals surface area contributed by atoms with E-state index in [0.29, 0.717) is 12.3 Å². The molecule has 0 aliphatic carbocycles. The summed E-state index contributed by atoms with van der Waals surface area (Å²) >= 11 is 0. The molecule has 0 radical (unpaired) electrons. The molecular formula is C12H23NO2. The average Bonchev–Trinajstić information content (AvgIpc) is 2.28. The lowest BCUT2D eigenvalue weighted by atomic mass is 9.98. The first-order chi connectivity index (χ1) is 6.91. The van der Waals surface area contributed by atoms with Gasteiger partial charge in [-0.2, -0.15) is 0 Å². The average molecular weight is 213 g/mol. The van der Waals surface area contributed by atoms with Gasteiger partial charge in [0.15, 0.2) is 0 Å². The Morgan fingerprint density at radius 1 is 1.40 bits per heavy atom. The van der Waals surface area contributed by atoms with E-state index in [9.17, 15) is 9.90 Å². The van der Waals surface area contributed by atoms with Gasteiger partial charge >= 0.3 is 0 Å². The lowest BCUT2D eigenvalue weighted by molar-refractivity contribution is -0.123. The molecule has 0 aromatic rings. The molecule has 1 atom stereocenters. The van der Waals surface area contributed by atoms with Gasteiger partial charge in [-0.1, -0.05) is 13.8 Å². The summed E-state index contributed by atoms with van der Waals surface area (Å²) in [5, 5.41) is 9.90. The van der Waals surface area contributed by atoms with Crippen LogP contribution in [0.5, 0.6) is 0 Å². The Bertz CT molecular complexity index is 224. The van der Waals surface area contributed by atoms with E-state index in [1.54, 1.807) is 0 Å². The first kappa shape index (κ1) is 12.7. The highest BCUT2D eigenvalue weighted by molar-refractivity contribution is 5.82. The molecule has 3 heteroatoms. The third kappa shape index (κ3) is 4.31. The summed E-state index contributed by atoms with van der Waals surface area (Å²) in [5.74, 6) is 0.422. The van der Waals surface area contributed by atoms with Crippen molar-refractivity contribution in [2.45, 2.75) is 45.6 Å². The molecule has 0 saturated carbocycles. The zero-order valence-corrected chi connectivity index (χ0v) is 10.1. The van der Waals surface area contributed by atoms with Gasteiger partial charge in [0.1, 0.15) is 5.78 Å². The standard InChI is InChI=1S/C12H23NO2/c1-10(2)11(14)9-13-7-4-5-12(3,15)6-8-13/h10,15H,4-9H2,1-3H3. The topological polar surface area (TPSA) is 40.5 Å². The van der Waals surface area contributed by atoms with Gasteiger partial charge in [0.05, 0.1) is 12.1 Å². The van der Waals surface area contributed by atoms with Gasteiger partial charge in [-0.25, -0.2) is 0 Å². The monoisotopic (exact) mass is 213 g/mol. The number of hydrogen-bond acceptors (Lipinski definition) is 3. The molecule has 3 nitrogen and oxygen atoms in total. The molecule has 88 valence electrons. The smallest absolute Gasteiger partial charge is 0.149 e. The van der Waals surface area contributed by atoms with Gasteiger partial charge in [-0.3, -0.25) is 9.69 Å². The highest BCUT2D eigenvalue weighted by Crippen LogP contribution is 2.21. The molecule has 1 N–H and O–H groups in total. The number of carbonyl (C=O) groups excluding carboxylic acids is 1. The first-order valence-electron chi connectivity index (χ1n) is 5.88. The molecule has 1 aliphatic rings. The summed E-state index contributed by atoms with van der Waals surface area (Å²) in [5.41, 5.74) is -0.532. The summed E-state index contributed by atoms with van der Waals surface area (Å²) in [7, 11) is 0. The molecule has 1 fully saturated rings. The van der Waals surface area contributed by atoms with Gasteiger partial charge < -0.3 is 5.11 Å². The second-order valence-electron chi connectivity index (χ2n) is 5.25. The number of hydrogen-bond donors (Lipinski definition) is 1. The van der Waals surface area contributed by atoms with E-state index in [-0.39, 0.29) is 5.92 Å². The maximum atomic E-state index is 11.6. The van der Waals surface area contributed by atoms with Gasteiger partial charge in [0.25, 0.3) is 0 Å². The van der Waals surface area contributed by atoms with Crippen LogP contribution >= 0.6 is 0 Å². The van der Waals surface area contributed by atoms with E-state index in [0.717, 1.165) is 32.4 Å². The Labute approximate surface area is 92.5 Å². The SMILES string of the molecule is CC(C)C(=O)CN1CCCC(C)(O)CC1. The van der Waals surface area contributed by atoms with E-state index in [4.69, 9.17) is 0 Å². The predicted octanol–water partition coefficient (Wildman–Crippen LogP) is 1.45. The number of carbonyl (C=O) groups is 1. The minimum absolute atomic E-state index is 0.119. The Hall–Kier alpha value is -0.410. The third-order valence-corrected chi connectivity index (χ3v) is 3.18. The molecule has 1 unspecified atom stereocenters. The number of aliphatic hydroxyl groups is 1. The van der Waals surface area contributed by atoms with E-state index in [2.05, 4.69) is 4.90 Å². The number of ketones is 1. The second-order valence-corrected chi connectivity index (χ2v) is 5.25. The van der Waals surface area contributed by atoms with Gasteiger partial charge in [-0.15, -0.1) is 0 Å². The van der Waals surface area contributed by atoms with Crippen molar-refractivity contribution in [3.05, 3.63) is 0 Å². The van der Waals surface area contributed by atoms with E-state index >= 15 is 0 Å². The Morgan fingerprint density at radius 3 is 2.67 bits per heavy atom. The van der Waals surface area contributed by atoms with Crippen molar-refractivity contribution < 1.29 is 9.90 Å². The van der Waals surface area contributed by atoms with Crippen molar-refractivity contribution in [1.82, 2.24) is 4.90 Å². The largest absolute Gasteiger partial charge is 0.390 e. The van der Waals surface area contributed by atoms with Crippen LogP contribution in [0.15, 0.2) is 0 Å². The number of rotatable bonds is 3. The molecule has 1 heterocycles. The Kier molecular flexibility index (Phi) is 4.29. The number of Topliss-reactive ketones (excluding diaryl/α,β-unsaturated/α-hetero) is 1. The van der Waals surface area contributed by atoms with Crippen molar-refractivity contribution in [3.8, 4) is 0 Å². The van der Waals surface area contributed by atoms with Crippen molar-refractivity contribution >= 4 is 5.78 Å². The molecular weight excluding hydrogens is 190 g/mol. The fourth-order valence-electron chi connectivity index (χ4n) is 1.88. The fraction of sp³-hybridized carbons (Fsp3) is 0.917. The zero-order chi connectivity index (χ0) is 11.5. The van der Waals surface area contributed by atoms with Crippen molar-refractivity contribution in [2.75, 3.05) is 19.6 Å². The highest BCUT2D eigenvalue weighted by atomic mass is 16.3. The van der Waals surface area contributed by atoms with E-state index < -0.39 is 5.60 Å². The molecule has 0 aromatic heterocycles. The first-order valence-corrected chi connectivity index (χ1v) is 5.88. The van der Waals surface area contributed by atoms with Crippen LogP contribution in [-0.4, -0.2) is 41.0 Å². The van der Waals surface area contributed by atoms with Crippen LogP contribution in [0.25, 0.3) is 0 Å². The van der Waals surface area contributed by atoms with Crippen molar-refractivity contribution in [3.63, 3.8) is 0 Å². The molecule has 1 aliphatic heterocycles. The maximum absolute atomic E-state index is 11.6.